The van der Waals surface area contributed by atoms with Crippen molar-refractivity contribution in [1.29, 1.82) is 0 Å². The lowest BCUT2D eigenvalue weighted by Gasteiger charge is -2.35. The van der Waals surface area contributed by atoms with Crippen LogP contribution in [0.4, 0.5) is 16.2 Å². The fourth-order valence-electron chi connectivity index (χ4n) is 5.79. The van der Waals surface area contributed by atoms with Crippen LogP contribution in [0.5, 0.6) is 0 Å². The van der Waals surface area contributed by atoms with Crippen LogP contribution in [0.3, 0.4) is 0 Å². The zero-order valence-corrected chi connectivity index (χ0v) is 23.5. The highest BCUT2D eigenvalue weighted by atomic mass is 19.1. The van der Waals surface area contributed by atoms with E-state index in [9.17, 15) is 4.39 Å². The van der Waals surface area contributed by atoms with E-state index in [1.54, 1.807) is 30.9 Å². The number of halogens is 1. The standard InChI is InChI=1S/C30H33FN10O/c1-30(32,23-2-4-25(31)5-3-23)24-16-33-29(34-17-24)39-10-8-38(9-11-39)28-27-14-21(18-41(27)37-20-35-28)22-15-36-40(19-22)26-6-12-42-13-7-26/h2-5,14-20,26H,6-13,32H2,1H3/t30-/m0/s1. The number of nitrogens with two attached hydrogens (primary N) is 1. The summed E-state index contributed by atoms with van der Waals surface area (Å²) in [4.78, 5) is 18.4. The van der Waals surface area contributed by atoms with E-state index in [2.05, 4.69) is 51.9 Å². The number of hydrogen-bond donors (Lipinski definition) is 1. The van der Waals surface area contributed by atoms with Gasteiger partial charge in [-0.25, -0.2) is 23.9 Å². The van der Waals surface area contributed by atoms with Crippen molar-refractivity contribution in [2.45, 2.75) is 31.3 Å². The average molecular weight is 569 g/mol. The van der Waals surface area contributed by atoms with Crippen molar-refractivity contribution in [2.75, 3.05) is 49.2 Å². The first-order valence-corrected chi connectivity index (χ1v) is 14.3. The molecule has 5 aromatic rings. The van der Waals surface area contributed by atoms with Gasteiger partial charge in [-0.1, -0.05) is 12.1 Å². The maximum absolute atomic E-state index is 13.4. The van der Waals surface area contributed by atoms with Gasteiger partial charge in [0.1, 0.15) is 17.7 Å². The van der Waals surface area contributed by atoms with Gasteiger partial charge in [0.15, 0.2) is 5.82 Å². The zero-order chi connectivity index (χ0) is 28.7. The lowest BCUT2D eigenvalue weighted by atomic mass is 9.87. The molecule has 12 heteroatoms. The molecule has 42 heavy (non-hydrogen) atoms. The molecule has 2 fully saturated rings. The van der Waals surface area contributed by atoms with Crippen molar-refractivity contribution < 1.29 is 9.13 Å². The van der Waals surface area contributed by atoms with Gasteiger partial charge in [0.05, 0.1) is 17.8 Å². The number of fused-ring (bicyclic) bond motifs is 1. The van der Waals surface area contributed by atoms with Gasteiger partial charge in [0.2, 0.25) is 5.95 Å². The quantitative estimate of drug-likeness (QED) is 0.329. The van der Waals surface area contributed by atoms with Gasteiger partial charge in [-0.15, -0.1) is 0 Å². The highest BCUT2D eigenvalue weighted by molar-refractivity contribution is 5.77. The largest absolute Gasteiger partial charge is 0.381 e. The monoisotopic (exact) mass is 568 g/mol. The highest BCUT2D eigenvalue weighted by Crippen LogP contribution is 2.30. The van der Waals surface area contributed by atoms with E-state index < -0.39 is 5.54 Å². The summed E-state index contributed by atoms with van der Waals surface area (Å²) in [5, 5.41) is 9.11. The van der Waals surface area contributed by atoms with E-state index >= 15 is 0 Å². The predicted molar refractivity (Wildman–Crippen MR) is 157 cm³/mol. The lowest BCUT2D eigenvalue weighted by molar-refractivity contribution is 0.0662. The molecular weight excluding hydrogens is 535 g/mol. The molecule has 2 saturated heterocycles. The molecule has 0 unspecified atom stereocenters. The number of anilines is 2. The van der Waals surface area contributed by atoms with Crippen LogP contribution in [0, 0.1) is 5.82 Å². The van der Waals surface area contributed by atoms with Crippen molar-refractivity contribution >= 4 is 17.3 Å². The van der Waals surface area contributed by atoms with Crippen LogP contribution in [-0.2, 0) is 10.3 Å². The maximum Gasteiger partial charge on any atom is 0.225 e. The molecule has 2 aliphatic heterocycles. The minimum absolute atomic E-state index is 0.293. The molecule has 2 aliphatic rings. The normalized spacial score (nSPS) is 18.0. The van der Waals surface area contributed by atoms with Crippen LogP contribution in [0.1, 0.15) is 36.9 Å². The van der Waals surface area contributed by atoms with Gasteiger partial charge in [0.25, 0.3) is 0 Å². The Bertz CT molecular complexity index is 1670. The van der Waals surface area contributed by atoms with Gasteiger partial charge in [0, 0.05) is 80.9 Å². The van der Waals surface area contributed by atoms with Crippen molar-refractivity contribution in [1.82, 2.24) is 34.3 Å². The summed E-state index contributed by atoms with van der Waals surface area (Å²) in [6.07, 6.45) is 13.2. The molecule has 0 spiro atoms. The number of benzene rings is 1. The number of hydrogen-bond acceptors (Lipinski definition) is 9. The first-order valence-electron chi connectivity index (χ1n) is 14.3. The SMILES string of the molecule is C[C@](N)(c1ccc(F)cc1)c1cnc(N2CCN(c3ncnn4cc(-c5cnn(C6CCOCC6)c5)cc34)CC2)nc1. The molecule has 0 radical (unpaired) electrons. The van der Waals surface area contributed by atoms with Crippen LogP contribution in [0.2, 0.25) is 0 Å². The molecule has 0 amide bonds. The Balaban J connectivity index is 1.04. The van der Waals surface area contributed by atoms with Crippen LogP contribution in [-0.4, -0.2) is 73.7 Å². The van der Waals surface area contributed by atoms with E-state index in [4.69, 9.17) is 10.5 Å². The molecule has 0 bridgehead atoms. The molecule has 2 N–H and O–H groups in total. The second-order valence-electron chi connectivity index (χ2n) is 11.1. The Hall–Kier alpha value is -4.42. The predicted octanol–water partition coefficient (Wildman–Crippen LogP) is 3.42. The number of ether oxygens (including phenoxy) is 1. The van der Waals surface area contributed by atoms with E-state index in [0.29, 0.717) is 12.0 Å². The minimum atomic E-state index is -0.830. The number of rotatable bonds is 6. The molecule has 0 aliphatic carbocycles. The first-order chi connectivity index (χ1) is 20.5. The van der Waals surface area contributed by atoms with Crippen LogP contribution >= 0.6 is 0 Å². The minimum Gasteiger partial charge on any atom is -0.381 e. The zero-order valence-electron chi connectivity index (χ0n) is 23.5. The topological polar surface area (TPSA) is 116 Å². The number of piperazine rings is 1. The third kappa shape index (κ3) is 4.96. The Morgan fingerprint density at radius 1 is 0.857 bits per heavy atom. The van der Waals surface area contributed by atoms with Crippen LogP contribution < -0.4 is 15.5 Å². The fourth-order valence-corrected chi connectivity index (χ4v) is 5.79. The summed E-state index contributed by atoms with van der Waals surface area (Å²) in [5.74, 6) is 1.27. The summed E-state index contributed by atoms with van der Waals surface area (Å²) in [7, 11) is 0. The smallest absolute Gasteiger partial charge is 0.225 e. The van der Waals surface area contributed by atoms with Crippen LogP contribution in [0.15, 0.2) is 67.6 Å². The van der Waals surface area contributed by atoms with Gasteiger partial charge < -0.3 is 20.3 Å². The maximum atomic E-state index is 13.4. The van der Waals surface area contributed by atoms with Crippen molar-refractivity contribution in [3.8, 4) is 11.1 Å². The Morgan fingerprint density at radius 2 is 1.57 bits per heavy atom. The van der Waals surface area contributed by atoms with Crippen molar-refractivity contribution in [2.24, 2.45) is 5.73 Å². The fraction of sp³-hybridized carbons (Fsp3) is 0.367. The summed E-state index contributed by atoms with van der Waals surface area (Å²) < 4.78 is 22.9. The number of aromatic nitrogens is 7. The van der Waals surface area contributed by atoms with E-state index in [-0.39, 0.29) is 5.82 Å². The Morgan fingerprint density at radius 3 is 2.31 bits per heavy atom. The highest BCUT2D eigenvalue weighted by Gasteiger charge is 2.27. The molecule has 1 atom stereocenters. The van der Waals surface area contributed by atoms with Gasteiger partial charge in [-0.05, 0) is 43.5 Å². The molecule has 6 heterocycles. The molecule has 7 rings (SSSR count). The average Bonchev–Trinajstić information content (AvgIpc) is 3.70. The summed E-state index contributed by atoms with van der Waals surface area (Å²) in [6.45, 7) is 6.48. The molecule has 216 valence electrons. The first kappa shape index (κ1) is 26.5. The summed E-state index contributed by atoms with van der Waals surface area (Å²) in [6, 6.07) is 8.74. The third-order valence-corrected chi connectivity index (χ3v) is 8.43. The third-order valence-electron chi connectivity index (χ3n) is 8.43. The molecule has 11 nitrogen and oxygen atoms in total. The van der Waals surface area contributed by atoms with Crippen molar-refractivity contribution in [3.05, 3.63) is 84.6 Å². The molecule has 0 saturated carbocycles. The second-order valence-corrected chi connectivity index (χ2v) is 11.1. The van der Waals surface area contributed by atoms with Crippen LogP contribution in [0.25, 0.3) is 16.6 Å². The second kappa shape index (κ2) is 10.8. The van der Waals surface area contributed by atoms with Gasteiger partial charge in [-0.3, -0.25) is 4.68 Å². The summed E-state index contributed by atoms with van der Waals surface area (Å²) >= 11 is 0. The van der Waals surface area contributed by atoms with E-state index in [1.807, 2.05) is 23.8 Å². The lowest BCUT2D eigenvalue weighted by Crippen LogP contribution is -2.47. The van der Waals surface area contributed by atoms with E-state index in [0.717, 1.165) is 85.8 Å². The molecule has 4 aromatic heterocycles. The molecule has 1 aromatic carbocycles. The Kier molecular flexibility index (Phi) is 6.79. The molecular formula is C30H33FN10O. The van der Waals surface area contributed by atoms with Crippen molar-refractivity contribution in [3.63, 3.8) is 0 Å². The summed E-state index contributed by atoms with van der Waals surface area (Å²) in [5.41, 5.74) is 10.4. The van der Waals surface area contributed by atoms with E-state index in [1.165, 1.54) is 12.1 Å². The van der Waals surface area contributed by atoms with Gasteiger partial charge in [-0.2, -0.15) is 10.2 Å². The Labute approximate surface area is 242 Å². The number of nitrogens with zero attached hydrogens (tertiary/aromatic N) is 9. The van der Waals surface area contributed by atoms with Gasteiger partial charge >= 0.3 is 0 Å².